The summed E-state index contributed by atoms with van der Waals surface area (Å²) in [6.45, 7) is 3.27. The van der Waals surface area contributed by atoms with Crippen molar-refractivity contribution in [1.29, 1.82) is 0 Å². The number of likely N-dealkylation sites (tertiary alicyclic amines) is 1. The molecule has 1 saturated heterocycles. The molecule has 4 rings (SSSR count). The van der Waals surface area contributed by atoms with Gasteiger partial charge in [0, 0.05) is 19.5 Å². The zero-order chi connectivity index (χ0) is 22.7. The number of piperidine rings is 1. The van der Waals surface area contributed by atoms with Crippen LogP contribution in [0.4, 0.5) is 0 Å². The molecule has 0 bridgehead atoms. The molecule has 0 atom stereocenters. The van der Waals surface area contributed by atoms with E-state index in [2.05, 4.69) is 10.2 Å². The molecule has 168 valence electrons. The molecule has 1 N–H and O–H groups in total. The molecule has 8 nitrogen and oxygen atoms in total. The summed E-state index contributed by atoms with van der Waals surface area (Å²) >= 11 is 0. The first-order chi connectivity index (χ1) is 15.5. The number of nitrogens with zero attached hydrogens (tertiary/aromatic N) is 3. The van der Waals surface area contributed by atoms with Crippen LogP contribution in [0.3, 0.4) is 0 Å². The third-order valence-electron chi connectivity index (χ3n) is 6.10. The molecule has 2 heterocycles. The molecule has 0 aliphatic carbocycles. The number of amides is 1. The zero-order valence-electron chi connectivity index (χ0n) is 18.6. The fourth-order valence-corrected chi connectivity index (χ4v) is 4.35. The average molecular weight is 437 g/mol. The predicted molar refractivity (Wildman–Crippen MR) is 121 cm³/mol. The maximum Gasteiger partial charge on any atom is 0.347 e. The van der Waals surface area contributed by atoms with Crippen molar-refractivity contribution in [3.63, 3.8) is 0 Å². The highest BCUT2D eigenvalue weighted by Gasteiger charge is 2.28. The van der Waals surface area contributed by atoms with Gasteiger partial charge in [-0.25, -0.2) is 14.5 Å². The summed E-state index contributed by atoms with van der Waals surface area (Å²) in [5.74, 6) is 2.00. The number of aromatic amines is 1. The van der Waals surface area contributed by atoms with Crippen molar-refractivity contribution < 1.29 is 14.3 Å². The average Bonchev–Trinajstić information content (AvgIpc) is 3.18. The van der Waals surface area contributed by atoms with E-state index in [4.69, 9.17) is 9.47 Å². The number of rotatable bonds is 6. The lowest BCUT2D eigenvalue weighted by Gasteiger charge is -2.32. The number of ether oxygens (including phenoxy) is 2. The molecule has 1 fully saturated rings. The second kappa shape index (κ2) is 9.30. The Morgan fingerprint density at radius 2 is 1.84 bits per heavy atom. The first-order valence-electron chi connectivity index (χ1n) is 10.8. The molecule has 0 saturated carbocycles. The first-order valence-corrected chi connectivity index (χ1v) is 10.8. The molecule has 2 aromatic carbocycles. The highest BCUT2D eigenvalue weighted by atomic mass is 16.5. The van der Waals surface area contributed by atoms with Crippen LogP contribution in [0.5, 0.6) is 11.5 Å². The smallest absolute Gasteiger partial charge is 0.347 e. The van der Waals surface area contributed by atoms with Crippen LogP contribution in [-0.4, -0.2) is 52.9 Å². The van der Waals surface area contributed by atoms with Crippen LogP contribution in [0.15, 0.2) is 47.3 Å². The summed E-state index contributed by atoms with van der Waals surface area (Å²) in [5, 5.41) is 6.88. The Labute approximate surface area is 186 Å². The Balaban J connectivity index is 1.46. The van der Waals surface area contributed by atoms with Gasteiger partial charge in [0.15, 0.2) is 11.5 Å². The molecule has 8 heteroatoms. The maximum atomic E-state index is 13.1. The van der Waals surface area contributed by atoms with Gasteiger partial charge in [0.05, 0.1) is 25.5 Å². The second-order valence-electron chi connectivity index (χ2n) is 8.05. The van der Waals surface area contributed by atoms with Crippen molar-refractivity contribution in [3.05, 3.63) is 69.9 Å². The fraction of sp³-hybridized carbons (Fsp3) is 0.375. The van der Waals surface area contributed by atoms with E-state index in [-0.39, 0.29) is 11.6 Å². The van der Waals surface area contributed by atoms with Gasteiger partial charge in [-0.2, -0.15) is 5.10 Å². The normalized spacial score (nSPS) is 14.4. The number of methoxy groups -OCH3 is 2. The Hall–Kier alpha value is -3.55. The first kappa shape index (κ1) is 21.7. The largest absolute Gasteiger partial charge is 0.493 e. The molecule has 0 unspecified atom stereocenters. The number of nitrogens with one attached hydrogen (secondary N) is 1. The van der Waals surface area contributed by atoms with Gasteiger partial charge in [-0.1, -0.05) is 24.3 Å². The van der Waals surface area contributed by atoms with Crippen LogP contribution in [0.2, 0.25) is 0 Å². The molecule has 3 aromatic rings. The number of benzene rings is 2. The maximum absolute atomic E-state index is 13.1. The number of aryl methyl sites for hydroxylation is 1. The summed E-state index contributed by atoms with van der Waals surface area (Å²) in [7, 11) is 3.10. The van der Waals surface area contributed by atoms with Gasteiger partial charge in [-0.15, -0.1) is 0 Å². The molecule has 1 aliphatic rings. The van der Waals surface area contributed by atoms with Crippen molar-refractivity contribution in [3.8, 4) is 17.2 Å². The Morgan fingerprint density at radius 1 is 1.09 bits per heavy atom. The summed E-state index contributed by atoms with van der Waals surface area (Å²) in [6, 6.07) is 13.1. The minimum atomic E-state index is -0.230. The van der Waals surface area contributed by atoms with Crippen molar-refractivity contribution in [2.24, 2.45) is 5.92 Å². The summed E-state index contributed by atoms with van der Waals surface area (Å²) in [6.07, 6.45) is 2.36. The van der Waals surface area contributed by atoms with Crippen molar-refractivity contribution in [2.75, 3.05) is 27.3 Å². The molecule has 32 heavy (non-hydrogen) atoms. The third kappa shape index (κ3) is 4.12. The van der Waals surface area contributed by atoms with E-state index in [0.717, 1.165) is 29.9 Å². The van der Waals surface area contributed by atoms with Gasteiger partial charge in [-0.05, 0) is 49.4 Å². The van der Waals surface area contributed by atoms with Gasteiger partial charge in [0.2, 0.25) is 0 Å². The van der Waals surface area contributed by atoms with Gasteiger partial charge < -0.3 is 14.4 Å². The lowest BCUT2D eigenvalue weighted by Crippen LogP contribution is -2.39. The topological polar surface area (TPSA) is 89.5 Å². The highest BCUT2D eigenvalue weighted by molar-refractivity contribution is 5.97. The van der Waals surface area contributed by atoms with Crippen molar-refractivity contribution in [2.45, 2.75) is 26.2 Å². The van der Waals surface area contributed by atoms with Gasteiger partial charge in [-0.3, -0.25) is 4.79 Å². The van der Waals surface area contributed by atoms with E-state index < -0.39 is 0 Å². The number of para-hydroxylation sites is 2. The van der Waals surface area contributed by atoms with E-state index in [1.165, 1.54) is 0 Å². The monoisotopic (exact) mass is 436 g/mol. The van der Waals surface area contributed by atoms with E-state index in [1.807, 2.05) is 36.1 Å². The number of hydrogen-bond donors (Lipinski definition) is 1. The van der Waals surface area contributed by atoms with E-state index in [9.17, 15) is 9.59 Å². The minimum Gasteiger partial charge on any atom is -0.493 e. The molecule has 1 aromatic heterocycles. The molecule has 1 aliphatic heterocycles. The number of hydrogen-bond acceptors (Lipinski definition) is 5. The number of aromatic nitrogens is 3. The lowest BCUT2D eigenvalue weighted by atomic mass is 9.92. The zero-order valence-corrected chi connectivity index (χ0v) is 18.6. The van der Waals surface area contributed by atoms with Crippen LogP contribution < -0.4 is 15.2 Å². The van der Waals surface area contributed by atoms with Crippen molar-refractivity contribution in [1.82, 2.24) is 19.7 Å². The minimum absolute atomic E-state index is 0.0595. The van der Waals surface area contributed by atoms with Crippen molar-refractivity contribution >= 4 is 5.91 Å². The molecule has 0 spiro atoms. The fourth-order valence-electron chi connectivity index (χ4n) is 4.35. The van der Waals surface area contributed by atoms with Gasteiger partial charge >= 0.3 is 5.69 Å². The van der Waals surface area contributed by atoms with Crippen LogP contribution in [-0.2, 0) is 6.42 Å². The highest BCUT2D eigenvalue weighted by Crippen LogP contribution is 2.32. The third-order valence-corrected chi connectivity index (χ3v) is 6.10. The van der Waals surface area contributed by atoms with Gasteiger partial charge in [0.1, 0.15) is 5.82 Å². The summed E-state index contributed by atoms with van der Waals surface area (Å²) in [4.78, 5) is 27.4. The second-order valence-corrected chi connectivity index (χ2v) is 8.05. The van der Waals surface area contributed by atoms with E-state index >= 15 is 0 Å². The lowest BCUT2D eigenvalue weighted by molar-refractivity contribution is 0.0685. The van der Waals surface area contributed by atoms with Crippen LogP contribution in [0.25, 0.3) is 5.69 Å². The number of carbonyl (C=O) groups is 1. The summed E-state index contributed by atoms with van der Waals surface area (Å²) in [5.41, 5.74) is 2.14. The Kier molecular flexibility index (Phi) is 6.30. The molecule has 1 amide bonds. The van der Waals surface area contributed by atoms with Crippen LogP contribution >= 0.6 is 0 Å². The Bertz CT molecular complexity index is 1160. The van der Waals surface area contributed by atoms with E-state index in [0.29, 0.717) is 42.5 Å². The van der Waals surface area contributed by atoms with Crippen LogP contribution in [0.1, 0.15) is 34.6 Å². The quantitative estimate of drug-likeness (QED) is 0.642. The van der Waals surface area contributed by atoms with Crippen LogP contribution in [0, 0.1) is 12.8 Å². The number of carbonyl (C=O) groups excluding carboxylic acids is 1. The molecule has 0 radical (unpaired) electrons. The SMILES string of the molecule is COc1cccc(C(=O)N2CCC(Cc3n[nH]c(=O)n3-c3ccccc3C)CC2)c1OC. The standard InChI is InChI=1S/C24H28N4O4/c1-16-7-4-5-9-19(16)28-21(25-26-24(28)30)15-17-11-13-27(14-12-17)23(29)18-8-6-10-20(31-2)22(18)32-3/h4-10,17H,11-15H2,1-3H3,(H,26,30). The Morgan fingerprint density at radius 3 is 2.53 bits per heavy atom. The van der Waals surface area contributed by atoms with E-state index in [1.54, 1.807) is 37.0 Å². The molecular weight excluding hydrogens is 408 g/mol. The summed E-state index contributed by atoms with van der Waals surface area (Å²) < 4.78 is 12.4. The number of H-pyrrole nitrogens is 1. The van der Waals surface area contributed by atoms with Gasteiger partial charge in [0.25, 0.3) is 5.91 Å². The molecular formula is C24H28N4O4. The predicted octanol–water partition coefficient (Wildman–Crippen LogP) is 2.98.